The van der Waals surface area contributed by atoms with E-state index in [-0.39, 0.29) is 0 Å². The summed E-state index contributed by atoms with van der Waals surface area (Å²) in [5, 5.41) is 2.52. The first-order valence-electron chi connectivity index (χ1n) is 5.13. The second-order valence-corrected chi connectivity index (χ2v) is 3.75. The Hall–Kier alpha value is -1.79. The molecule has 0 aliphatic carbocycles. The molecule has 0 saturated carbocycles. The van der Waals surface area contributed by atoms with Gasteiger partial charge in [-0.2, -0.15) is 0 Å². The third-order valence-electron chi connectivity index (χ3n) is 1.99. The minimum atomic E-state index is 0.571. The Bertz CT molecular complexity index is 480. The summed E-state index contributed by atoms with van der Waals surface area (Å²) in [6.07, 6.45) is 0. The fraction of sp³-hybridized carbons (Fsp3) is 0.154. The van der Waals surface area contributed by atoms with E-state index in [0.717, 1.165) is 11.1 Å². The Morgan fingerprint density at radius 3 is 2.38 bits per heavy atom. The fourth-order valence-electron chi connectivity index (χ4n) is 1.30. The fourth-order valence-corrected chi connectivity index (χ4v) is 2.06. The van der Waals surface area contributed by atoms with Crippen LogP contribution < -0.4 is 5.73 Å². The topological polar surface area (TPSA) is 30.4 Å². The highest BCUT2D eigenvalue weighted by Gasteiger charge is 2.09. The van der Waals surface area contributed by atoms with Gasteiger partial charge in [-0.25, -0.2) is 4.85 Å². The van der Waals surface area contributed by atoms with E-state index < -0.39 is 0 Å². The predicted octanol–water partition coefficient (Wildman–Crippen LogP) is 4.57. The summed E-state index contributed by atoms with van der Waals surface area (Å²) in [6, 6.07) is 9.83. The molecule has 0 atom stereocenters. The maximum Gasteiger partial charge on any atom is 0.227 e. The summed E-state index contributed by atoms with van der Waals surface area (Å²) < 4.78 is 0. The minimum Gasteiger partial charge on any atom is -0.399 e. The van der Waals surface area contributed by atoms with Crippen LogP contribution in [0, 0.1) is 6.57 Å². The second kappa shape index (κ2) is 5.94. The van der Waals surface area contributed by atoms with E-state index in [4.69, 9.17) is 12.3 Å². The molecule has 82 valence electrons. The van der Waals surface area contributed by atoms with Gasteiger partial charge in [0.1, 0.15) is 0 Å². The molecule has 16 heavy (non-hydrogen) atoms. The lowest BCUT2D eigenvalue weighted by Crippen LogP contribution is -1.78. The second-order valence-electron chi connectivity index (χ2n) is 2.84. The van der Waals surface area contributed by atoms with Gasteiger partial charge < -0.3 is 5.73 Å². The highest BCUT2D eigenvalue weighted by atomic mass is 32.1. The number of thiophene rings is 1. The van der Waals surface area contributed by atoms with Crippen molar-refractivity contribution in [1.82, 2.24) is 0 Å². The molecule has 0 unspecified atom stereocenters. The molecular formula is C13H14N2S. The van der Waals surface area contributed by atoms with Crippen LogP contribution in [0.5, 0.6) is 0 Å². The summed E-state index contributed by atoms with van der Waals surface area (Å²) in [6.45, 7) is 11.0. The highest BCUT2D eigenvalue weighted by molar-refractivity contribution is 7.15. The maximum absolute atomic E-state index is 7.04. The lowest BCUT2D eigenvalue weighted by Gasteiger charge is -1.97. The van der Waals surface area contributed by atoms with Crippen LogP contribution in [0.15, 0.2) is 35.7 Å². The Kier molecular flexibility index (Phi) is 4.56. The largest absolute Gasteiger partial charge is 0.399 e. The van der Waals surface area contributed by atoms with E-state index in [2.05, 4.69) is 4.85 Å². The van der Waals surface area contributed by atoms with Crippen molar-refractivity contribution in [2.75, 3.05) is 5.73 Å². The van der Waals surface area contributed by atoms with Crippen LogP contribution in [-0.2, 0) is 0 Å². The molecule has 3 heteroatoms. The van der Waals surface area contributed by atoms with Crippen molar-refractivity contribution in [2.24, 2.45) is 0 Å². The molecule has 1 aromatic heterocycles. The first kappa shape index (κ1) is 12.3. The number of nitrogens with zero attached hydrogens (tertiary/aromatic N) is 1. The molecule has 2 aromatic rings. The average molecular weight is 230 g/mol. The average Bonchev–Trinajstić information content (AvgIpc) is 2.74. The van der Waals surface area contributed by atoms with Crippen molar-refractivity contribution in [3.8, 4) is 11.1 Å². The van der Waals surface area contributed by atoms with Gasteiger partial charge in [-0.3, -0.25) is 0 Å². The van der Waals surface area contributed by atoms with Crippen LogP contribution in [0.4, 0.5) is 10.7 Å². The van der Waals surface area contributed by atoms with Crippen LogP contribution in [0.1, 0.15) is 13.8 Å². The summed E-state index contributed by atoms with van der Waals surface area (Å²) in [7, 11) is 0. The molecule has 0 saturated heterocycles. The molecule has 0 amide bonds. The summed E-state index contributed by atoms with van der Waals surface area (Å²) in [4.78, 5) is 3.44. The van der Waals surface area contributed by atoms with Crippen molar-refractivity contribution in [3.63, 3.8) is 0 Å². The van der Waals surface area contributed by atoms with Gasteiger partial charge in [-0.1, -0.05) is 44.2 Å². The molecule has 2 rings (SSSR count). The summed E-state index contributed by atoms with van der Waals surface area (Å²) >= 11 is 1.41. The first-order chi connectivity index (χ1) is 7.83. The van der Waals surface area contributed by atoms with E-state index in [1.54, 1.807) is 0 Å². The van der Waals surface area contributed by atoms with Gasteiger partial charge in [-0.05, 0) is 10.9 Å². The van der Waals surface area contributed by atoms with Crippen molar-refractivity contribution in [1.29, 1.82) is 0 Å². The number of hydrogen-bond acceptors (Lipinski definition) is 2. The molecule has 0 bridgehead atoms. The third-order valence-corrected chi connectivity index (χ3v) is 2.79. The zero-order valence-corrected chi connectivity index (χ0v) is 10.2. The van der Waals surface area contributed by atoms with Crippen molar-refractivity contribution < 1.29 is 0 Å². The number of rotatable bonds is 1. The van der Waals surface area contributed by atoms with Crippen LogP contribution in [0.25, 0.3) is 16.0 Å². The first-order valence-corrected chi connectivity index (χ1v) is 6.00. The van der Waals surface area contributed by atoms with E-state index in [1.807, 2.05) is 49.6 Å². The van der Waals surface area contributed by atoms with Crippen molar-refractivity contribution >= 4 is 22.0 Å². The molecule has 0 spiro atoms. The van der Waals surface area contributed by atoms with Crippen molar-refractivity contribution in [3.05, 3.63) is 47.1 Å². The maximum atomic E-state index is 7.04. The summed E-state index contributed by atoms with van der Waals surface area (Å²) in [5.41, 5.74) is 8.25. The van der Waals surface area contributed by atoms with Gasteiger partial charge in [0.15, 0.2) is 0 Å². The lowest BCUT2D eigenvalue weighted by atomic mass is 10.1. The Balaban J connectivity index is 0.000000606. The van der Waals surface area contributed by atoms with E-state index in [9.17, 15) is 0 Å². The van der Waals surface area contributed by atoms with Gasteiger partial charge in [0.05, 0.1) is 11.6 Å². The molecule has 0 aliphatic heterocycles. The Morgan fingerprint density at radius 1 is 1.19 bits per heavy atom. The molecule has 2 N–H and O–H groups in total. The zero-order valence-electron chi connectivity index (χ0n) is 9.40. The molecule has 2 nitrogen and oxygen atoms in total. The molecule has 0 radical (unpaired) electrons. The number of nitrogen functional groups attached to an aromatic ring is 1. The quantitative estimate of drug-likeness (QED) is 0.714. The third kappa shape index (κ3) is 2.41. The predicted molar refractivity (Wildman–Crippen MR) is 71.8 cm³/mol. The normalized spacial score (nSPS) is 8.81. The number of hydrogen-bond donors (Lipinski definition) is 1. The van der Waals surface area contributed by atoms with Crippen LogP contribution in [0.3, 0.4) is 0 Å². The SMILES string of the molecule is CC.[C-]#[N+]c1c(-c2ccccc2)csc1N. The molecule has 1 aromatic carbocycles. The van der Waals surface area contributed by atoms with Gasteiger partial charge in [0.2, 0.25) is 5.69 Å². The molecule has 1 heterocycles. The standard InChI is InChI=1S/C11H8N2S.C2H6/c1-13-10-9(7-14-11(10)12)8-5-3-2-4-6-8;1-2/h2-7H,12H2;1-2H3. The van der Waals surface area contributed by atoms with E-state index in [1.165, 1.54) is 11.3 Å². The van der Waals surface area contributed by atoms with Crippen molar-refractivity contribution in [2.45, 2.75) is 13.8 Å². The van der Waals surface area contributed by atoms with Gasteiger partial charge in [0.25, 0.3) is 0 Å². The minimum absolute atomic E-state index is 0.571. The number of anilines is 1. The number of benzene rings is 1. The zero-order chi connectivity index (χ0) is 12.0. The Labute approximate surface area is 100 Å². The van der Waals surface area contributed by atoms with E-state index >= 15 is 0 Å². The molecule has 0 aliphatic rings. The molecule has 0 fully saturated rings. The molecular weight excluding hydrogens is 216 g/mol. The lowest BCUT2D eigenvalue weighted by molar-refractivity contribution is 1.50. The van der Waals surface area contributed by atoms with Crippen LogP contribution >= 0.6 is 11.3 Å². The van der Waals surface area contributed by atoms with Crippen LogP contribution in [0.2, 0.25) is 0 Å². The van der Waals surface area contributed by atoms with Gasteiger partial charge in [-0.15, -0.1) is 11.3 Å². The van der Waals surface area contributed by atoms with Crippen LogP contribution in [-0.4, -0.2) is 0 Å². The van der Waals surface area contributed by atoms with Gasteiger partial charge in [0, 0.05) is 5.56 Å². The Morgan fingerprint density at radius 2 is 1.81 bits per heavy atom. The van der Waals surface area contributed by atoms with Gasteiger partial charge >= 0.3 is 0 Å². The highest BCUT2D eigenvalue weighted by Crippen LogP contribution is 2.40. The smallest absolute Gasteiger partial charge is 0.227 e. The van der Waals surface area contributed by atoms with E-state index in [0.29, 0.717) is 10.7 Å². The number of nitrogens with two attached hydrogens (primary N) is 1. The summed E-state index contributed by atoms with van der Waals surface area (Å²) in [5.74, 6) is 0. The monoisotopic (exact) mass is 230 g/mol.